The number of piperidine rings is 1. The Morgan fingerprint density at radius 1 is 1.32 bits per heavy atom. The van der Waals surface area contributed by atoms with Gasteiger partial charge < -0.3 is 19.6 Å². The van der Waals surface area contributed by atoms with Crippen molar-refractivity contribution in [3.63, 3.8) is 0 Å². The van der Waals surface area contributed by atoms with Crippen LogP contribution in [-0.2, 0) is 4.74 Å². The molecule has 0 bridgehead atoms. The lowest BCUT2D eigenvalue weighted by molar-refractivity contribution is -0.0673. The number of aliphatic hydroxyl groups is 1. The predicted molar refractivity (Wildman–Crippen MR) is 88.7 cm³/mol. The van der Waals surface area contributed by atoms with E-state index in [-0.39, 0.29) is 6.61 Å². The van der Waals surface area contributed by atoms with E-state index in [0.717, 1.165) is 43.4 Å². The maximum absolute atomic E-state index is 9.56. The van der Waals surface area contributed by atoms with Crippen LogP contribution in [0.15, 0.2) is 6.07 Å². The second kappa shape index (κ2) is 6.79. The average molecular weight is 308 g/mol. The molecule has 0 spiro atoms. The first-order valence-electron chi connectivity index (χ1n) is 7.88. The van der Waals surface area contributed by atoms with Gasteiger partial charge in [-0.3, -0.25) is 0 Å². The molecule has 2 heterocycles. The summed E-state index contributed by atoms with van der Waals surface area (Å²) in [6, 6.07) is 2.08. The van der Waals surface area contributed by atoms with Gasteiger partial charge in [0.25, 0.3) is 0 Å². The van der Waals surface area contributed by atoms with E-state index in [4.69, 9.17) is 4.74 Å². The van der Waals surface area contributed by atoms with E-state index in [2.05, 4.69) is 34.8 Å². The van der Waals surface area contributed by atoms with Crippen molar-refractivity contribution in [1.82, 2.24) is 9.97 Å². The van der Waals surface area contributed by atoms with Crippen LogP contribution in [-0.4, -0.2) is 61.6 Å². The first-order chi connectivity index (χ1) is 10.4. The van der Waals surface area contributed by atoms with Gasteiger partial charge in [-0.1, -0.05) is 13.8 Å². The molecular weight excluding hydrogens is 280 g/mol. The number of aromatic nitrogens is 2. The van der Waals surface area contributed by atoms with Crippen molar-refractivity contribution >= 4 is 11.8 Å². The van der Waals surface area contributed by atoms with E-state index in [1.807, 2.05) is 19.0 Å². The molecule has 1 aliphatic rings. The molecule has 0 amide bonds. The molecule has 1 aliphatic heterocycles. The largest absolute Gasteiger partial charge is 0.393 e. The van der Waals surface area contributed by atoms with Gasteiger partial charge in [-0.25, -0.2) is 4.98 Å². The summed E-state index contributed by atoms with van der Waals surface area (Å²) in [5.41, 5.74) is 0.661. The van der Waals surface area contributed by atoms with E-state index >= 15 is 0 Å². The molecule has 1 saturated heterocycles. The number of hydrogen-bond acceptors (Lipinski definition) is 6. The molecular formula is C16H28N4O2. The number of hydrogen-bond donors (Lipinski definition) is 1. The Morgan fingerprint density at radius 3 is 2.41 bits per heavy atom. The highest BCUT2D eigenvalue weighted by Crippen LogP contribution is 2.29. The lowest BCUT2D eigenvalue weighted by Crippen LogP contribution is -2.48. The van der Waals surface area contributed by atoms with Crippen LogP contribution in [0.25, 0.3) is 0 Å². The minimum absolute atomic E-state index is 0.0707. The van der Waals surface area contributed by atoms with Crippen molar-refractivity contribution in [2.24, 2.45) is 0 Å². The molecule has 0 unspecified atom stereocenters. The van der Waals surface area contributed by atoms with E-state index in [1.54, 1.807) is 7.11 Å². The van der Waals surface area contributed by atoms with E-state index in [9.17, 15) is 5.11 Å². The molecule has 22 heavy (non-hydrogen) atoms. The van der Waals surface area contributed by atoms with Crippen LogP contribution in [0.5, 0.6) is 0 Å². The summed E-state index contributed by atoms with van der Waals surface area (Å²) in [7, 11) is 5.60. The van der Waals surface area contributed by atoms with Gasteiger partial charge in [0.05, 0.1) is 17.9 Å². The molecule has 0 aromatic carbocycles. The third kappa shape index (κ3) is 3.50. The van der Waals surface area contributed by atoms with Crippen molar-refractivity contribution in [3.8, 4) is 0 Å². The first kappa shape index (κ1) is 17.0. The summed E-state index contributed by atoms with van der Waals surface area (Å²) in [6.07, 6.45) is 1.61. The Morgan fingerprint density at radius 2 is 1.95 bits per heavy atom. The number of anilines is 2. The van der Waals surface area contributed by atoms with E-state index in [1.165, 1.54) is 0 Å². The summed E-state index contributed by atoms with van der Waals surface area (Å²) >= 11 is 0. The minimum atomic E-state index is -0.394. The number of aliphatic hydroxyl groups excluding tert-OH is 1. The molecule has 1 aromatic rings. The molecule has 0 radical (unpaired) electrons. The van der Waals surface area contributed by atoms with Crippen LogP contribution in [0.3, 0.4) is 0 Å². The second-order valence-corrected chi connectivity index (χ2v) is 6.53. The summed E-state index contributed by atoms with van der Waals surface area (Å²) < 4.78 is 5.52. The standard InChI is InChI=1S/C16H28N4O2/c1-12(2)13-10-14(18-15(17-13)19(3)4)20-8-6-16(11-21,22-5)7-9-20/h10,12,21H,6-9,11H2,1-5H3. The Bertz CT molecular complexity index is 465. The van der Waals surface area contributed by atoms with Crippen molar-refractivity contribution in [2.75, 3.05) is 50.7 Å². The van der Waals surface area contributed by atoms with E-state index < -0.39 is 5.60 Å². The Balaban J connectivity index is 2.22. The maximum atomic E-state index is 9.56. The van der Waals surface area contributed by atoms with Gasteiger partial charge in [0.1, 0.15) is 5.82 Å². The van der Waals surface area contributed by atoms with Crippen LogP contribution < -0.4 is 9.80 Å². The van der Waals surface area contributed by atoms with Crippen LogP contribution >= 0.6 is 0 Å². The fourth-order valence-corrected chi connectivity index (χ4v) is 2.67. The molecule has 124 valence electrons. The normalized spacial score (nSPS) is 17.9. The molecule has 0 aliphatic carbocycles. The van der Waals surface area contributed by atoms with Crippen LogP contribution in [0, 0.1) is 0 Å². The van der Waals surface area contributed by atoms with Crippen molar-refractivity contribution < 1.29 is 9.84 Å². The molecule has 0 atom stereocenters. The second-order valence-electron chi connectivity index (χ2n) is 6.53. The van der Waals surface area contributed by atoms with Gasteiger partial charge in [-0.2, -0.15) is 4.98 Å². The quantitative estimate of drug-likeness (QED) is 0.892. The SMILES string of the molecule is COC1(CO)CCN(c2cc(C(C)C)nc(N(C)C)n2)CC1. The third-order valence-corrected chi connectivity index (χ3v) is 4.43. The predicted octanol–water partition coefficient (Wildman–Crippen LogP) is 1.64. The fourth-order valence-electron chi connectivity index (χ4n) is 2.67. The lowest BCUT2D eigenvalue weighted by Gasteiger charge is -2.40. The van der Waals surface area contributed by atoms with Crippen molar-refractivity contribution in [1.29, 1.82) is 0 Å². The molecule has 1 fully saturated rings. The highest BCUT2D eigenvalue weighted by atomic mass is 16.5. The molecule has 1 N–H and O–H groups in total. The van der Waals surface area contributed by atoms with Gasteiger partial charge in [0, 0.05) is 40.4 Å². The summed E-state index contributed by atoms with van der Waals surface area (Å²) in [5.74, 6) is 2.07. The molecule has 1 aromatic heterocycles. The van der Waals surface area contributed by atoms with Gasteiger partial charge in [0.15, 0.2) is 0 Å². The fraction of sp³-hybridized carbons (Fsp3) is 0.750. The highest BCUT2D eigenvalue weighted by Gasteiger charge is 2.34. The monoisotopic (exact) mass is 308 g/mol. The molecule has 2 rings (SSSR count). The topological polar surface area (TPSA) is 61.7 Å². The van der Waals surface area contributed by atoms with Crippen molar-refractivity contribution in [3.05, 3.63) is 11.8 Å². The van der Waals surface area contributed by atoms with Crippen LogP contribution in [0.2, 0.25) is 0 Å². The van der Waals surface area contributed by atoms with Gasteiger partial charge >= 0.3 is 0 Å². The Hall–Kier alpha value is -1.40. The Labute approximate surface area is 133 Å². The van der Waals surface area contributed by atoms with Crippen LogP contribution in [0.1, 0.15) is 38.3 Å². The maximum Gasteiger partial charge on any atom is 0.227 e. The summed E-state index contributed by atoms with van der Waals surface area (Å²) in [4.78, 5) is 13.5. The van der Waals surface area contributed by atoms with Gasteiger partial charge in [-0.05, 0) is 18.8 Å². The number of nitrogens with zero attached hydrogens (tertiary/aromatic N) is 4. The zero-order chi connectivity index (χ0) is 16.3. The Kier molecular flexibility index (Phi) is 5.24. The van der Waals surface area contributed by atoms with Crippen molar-refractivity contribution in [2.45, 2.75) is 38.2 Å². The first-order valence-corrected chi connectivity index (χ1v) is 7.88. The molecule has 6 heteroatoms. The zero-order valence-electron chi connectivity index (χ0n) is 14.3. The minimum Gasteiger partial charge on any atom is -0.393 e. The zero-order valence-corrected chi connectivity index (χ0v) is 14.3. The highest BCUT2D eigenvalue weighted by molar-refractivity contribution is 5.46. The molecule has 0 saturated carbocycles. The summed E-state index contributed by atoms with van der Waals surface area (Å²) in [5, 5.41) is 9.56. The van der Waals surface area contributed by atoms with E-state index in [0.29, 0.717) is 5.92 Å². The lowest BCUT2D eigenvalue weighted by atomic mass is 9.92. The summed E-state index contributed by atoms with van der Waals surface area (Å²) in [6.45, 7) is 6.01. The number of rotatable bonds is 5. The smallest absolute Gasteiger partial charge is 0.227 e. The molecule has 6 nitrogen and oxygen atoms in total. The van der Waals surface area contributed by atoms with Gasteiger partial charge in [0.2, 0.25) is 5.95 Å². The third-order valence-electron chi connectivity index (χ3n) is 4.43. The van der Waals surface area contributed by atoms with Crippen LogP contribution in [0.4, 0.5) is 11.8 Å². The average Bonchev–Trinajstić information content (AvgIpc) is 2.54. The number of methoxy groups -OCH3 is 1. The van der Waals surface area contributed by atoms with Gasteiger partial charge in [-0.15, -0.1) is 0 Å². The number of ether oxygens (including phenoxy) is 1.